The van der Waals surface area contributed by atoms with E-state index in [4.69, 9.17) is 11.6 Å². The Morgan fingerprint density at radius 2 is 1.79 bits per heavy atom. The summed E-state index contributed by atoms with van der Waals surface area (Å²) >= 11 is 11.1. The first-order valence-electron chi connectivity index (χ1n) is 7.11. The molecular weight excluding hydrogens is 408 g/mol. The number of halogens is 2. The molecule has 4 aromatic rings. The van der Waals surface area contributed by atoms with Gasteiger partial charge in [-0.25, -0.2) is 0 Å². The smallest absolute Gasteiger partial charge is 0.182 e. The van der Waals surface area contributed by atoms with Gasteiger partial charge < -0.3 is 0 Å². The van der Waals surface area contributed by atoms with Crippen molar-refractivity contribution in [1.82, 2.24) is 19.8 Å². The SMILES string of the molecule is Clc1ccccc1C=Cc1nn2c(-c3ccc(Br)cc3)nnc2s1. The van der Waals surface area contributed by atoms with E-state index in [1.54, 1.807) is 4.52 Å². The Kier molecular flexibility index (Phi) is 4.18. The summed E-state index contributed by atoms with van der Waals surface area (Å²) < 4.78 is 2.79. The Bertz CT molecular complexity index is 1040. The molecule has 0 N–H and O–H groups in total. The van der Waals surface area contributed by atoms with Gasteiger partial charge in [0.1, 0.15) is 5.01 Å². The lowest BCUT2D eigenvalue weighted by Crippen LogP contribution is -1.90. The van der Waals surface area contributed by atoms with Gasteiger partial charge in [0, 0.05) is 15.1 Å². The highest BCUT2D eigenvalue weighted by molar-refractivity contribution is 9.10. The standard InChI is InChI=1S/C17H10BrClN4S/c18-13-8-5-12(6-9-13)16-20-21-17-23(16)22-15(24-17)10-7-11-3-1-2-4-14(11)19/h1-10H. The summed E-state index contributed by atoms with van der Waals surface area (Å²) in [6, 6.07) is 15.6. The van der Waals surface area contributed by atoms with Gasteiger partial charge in [-0.05, 0) is 29.8 Å². The number of benzene rings is 2. The van der Waals surface area contributed by atoms with Gasteiger partial charge in [0.2, 0.25) is 4.96 Å². The molecule has 4 rings (SSSR count). The summed E-state index contributed by atoms with van der Waals surface area (Å²) in [5.74, 6) is 0.728. The molecule has 0 radical (unpaired) electrons. The van der Waals surface area contributed by atoms with Gasteiger partial charge in [-0.15, -0.1) is 10.2 Å². The second-order valence-corrected chi connectivity index (χ2v) is 7.33. The molecule has 0 atom stereocenters. The van der Waals surface area contributed by atoms with Crippen LogP contribution in [-0.2, 0) is 0 Å². The molecule has 0 aliphatic rings. The quantitative estimate of drug-likeness (QED) is 0.446. The van der Waals surface area contributed by atoms with Crippen LogP contribution in [0, 0.1) is 0 Å². The number of nitrogens with zero attached hydrogens (tertiary/aromatic N) is 4. The first-order valence-corrected chi connectivity index (χ1v) is 9.10. The van der Waals surface area contributed by atoms with Gasteiger partial charge in [0.05, 0.1) is 0 Å². The molecule has 0 saturated heterocycles. The van der Waals surface area contributed by atoms with Gasteiger partial charge in [0.25, 0.3) is 0 Å². The predicted molar refractivity (Wildman–Crippen MR) is 102 cm³/mol. The summed E-state index contributed by atoms with van der Waals surface area (Å²) in [7, 11) is 0. The van der Waals surface area contributed by atoms with Crippen LogP contribution in [-0.4, -0.2) is 19.8 Å². The van der Waals surface area contributed by atoms with E-state index < -0.39 is 0 Å². The highest BCUT2D eigenvalue weighted by Crippen LogP contribution is 2.24. The van der Waals surface area contributed by atoms with E-state index in [2.05, 4.69) is 31.2 Å². The highest BCUT2D eigenvalue weighted by atomic mass is 79.9. The second-order valence-electron chi connectivity index (χ2n) is 5.02. The Morgan fingerprint density at radius 3 is 2.58 bits per heavy atom. The molecule has 2 heterocycles. The van der Waals surface area contributed by atoms with Crippen LogP contribution in [0.25, 0.3) is 28.5 Å². The van der Waals surface area contributed by atoms with Crippen molar-refractivity contribution in [2.24, 2.45) is 0 Å². The molecule has 0 aliphatic carbocycles. The molecule has 118 valence electrons. The Hall–Kier alpha value is -2.02. The number of aromatic nitrogens is 4. The fourth-order valence-corrected chi connectivity index (χ4v) is 3.45. The van der Waals surface area contributed by atoms with E-state index >= 15 is 0 Å². The van der Waals surface area contributed by atoms with Crippen molar-refractivity contribution in [1.29, 1.82) is 0 Å². The van der Waals surface area contributed by atoms with E-state index in [1.165, 1.54) is 11.3 Å². The summed E-state index contributed by atoms with van der Waals surface area (Å²) in [6.07, 6.45) is 3.89. The molecular formula is C17H10BrClN4S. The minimum absolute atomic E-state index is 0.715. The van der Waals surface area contributed by atoms with Crippen molar-refractivity contribution in [3.63, 3.8) is 0 Å². The molecule has 4 nitrogen and oxygen atoms in total. The Balaban J connectivity index is 1.69. The maximum absolute atomic E-state index is 6.17. The lowest BCUT2D eigenvalue weighted by atomic mass is 10.2. The molecule has 0 unspecified atom stereocenters. The maximum Gasteiger partial charge on any atom is 0.235 e. The van der Waals surface area contributed by atoms with E-state index in [9.17, 15) is 0 Å². The van der Waals surface area contributed by atoms with E-state index in [1.807, 2.05) is 60.7 Å². The average Bonchev–Trinajstić information content (AvgIpc) is 3.15. The van der Waals surface area contributed by atoms with Crippen LogP contribution in [0.4, 0.5) is 0 Å². The van der Waals surface area contributed by atoms with Crippen molar-refractivity contribution < 1.29 is 0 Å². The Labute approximate surface area is 155 Å². The molecule has 0 fully saturated rings. The van der Waals surface area contributed by atoms with E-state index in [0.29, 0.717) is 5.02 Å². The molecule has 2 aromatic heterocycles. The lowest BCUT2D eigenvalue weighted by molar-refractivity contribution is 0.960. The number of fused-ring (bicyclic) bond motifs is 1. The van der Waals surface area contributed by atoms with Crippen molar-refractivity contribution in [2.45, 2.75) is 0 Å². The second kappa shape index (κ2) is 6.47. The lowest BCUT2D eigenvalue weighted by Gasteiger charge is -1.97. The third-order valence-electron chi connectivity index (χ3n) is 3.42. The third kappa shape index (κ3) is 3.00. The maximum atomic E-state index is 6.17. The van der Waals surface area contributed by atoms with E-state index in [0.717, 1.165) is 31.4 Å². The van der Waals surface area contributed by atoms with Crippen molar-refractivity contribution in [3.8, 4) is 11.4 Å². The highest BCUT2D eigenvalue weighted by Gasteiger charge is 2.12. The topological polar surface area (TPSA) is 43.1 Å². The van der Waals surface area contributed by atoms with Crippen LogP contribution in [0.15, 0.2) is 53.0 Å². The van der Waals surface area contributed by atoms with Crippen LogP contribution in [0.3, 0.4) is 0 Å². The zero-order valence-corrected chi connectivity index (χ0v) is 15.4. The fourth-order valence-electron chi connectivity index (χ4n) is 2.25. The van der Waals surface area contributed by atoms with Crippen molar-refractivity contribution in [3.05, 3.63) is 68.6 Å². The fraction of sp³-hybridized carbons (Fsp3) is 0. The summed E-state index contributed by atoms with van der Waals surface area (Å²) in [5, 5.41) is 14.6. The van der Waals surface area contributed by atoms with Crippen LogP contribution in [0.2, 0.25) is 5.02 Å². The molecule has 0 spiro atoms. The molecule has 24 heavy (non-hydrogen) atoms. The van der Waals surface area contributed by atoms with Gasteiger partial charge >= 0.3 is 0 Å². The zero-order chi connectivity index (χ0) is 16.5. The monoisotopic (exact) mass is 416 g/mol. The molecule has 2 aromatic carbocycles. The van der Waals surface area contributed by atoms with Crippen molar-refractivity contribution >= 4 is 56.0 Å². The Morgan fingerprint density at radius 1 is 1.00 bits per heavy atom. The van der Waals surface area contributed by atoms with Crippen LogP contribution in [0.5, 0.6) is 0 Å². The molecule has 0 saturated carbocycles. The normalized spacial score (nSPS) is 11.6. The predicted octanol–water partition coefficient (Wildman–Crippen LogP) is 5.44. The van der Waals surface area contributed by atoms with Crippen LogP contribution >= 0.6 is 38.9 Å². The molecule has 0 amide bonds. The number of hydrogen-bond acceptors (Lipinski definition) is 4. The minimum Gasteiger partial charge on any atom is -0.182 e. The van der Waals surface area contributed by atoms with Gasteiger partial charge in [-0.3, -0.25) is 0 Å². The summed E-state index contributed by atoms with van der Waals surface area (Å²) in [5.41, 5.74) is 1.93. The van der Waals surface area contributed by atoms with Crippen LogP contribution < -0.4 is 0 Å². The minimum atomic E-state index is 0.715. The van der Waals surface area contributed by atoms with Crippen molar-refractivity contribution in [2.75, 3.05) is 0 Å². The molecule has 0 aliphatic heterocycles. The van der Waals surface area contributed by atoms with Gasteiger partial charge in [-0.2, -0.15) is 9.61 Å². The van der Waals surface area contributed by atoms with Gasteiger partial charge in [-0.1, -0.05) is 75.3 Å². The average molecular weight is 418 g/mol. The summed E-state index contributed by atoms with van der Waals surface area (Å²) in [6.45, 7) is 0. The van der Waals surface area contributed by atoms with Gasteiger partial charge in [0.15, 0.2) is 5.82 Å². The zero-order valence-electron chi connectivity index (χ0n) is 12.2. The first-order chi connectivity index (χ1) is 11.7. The summed E-state index contributed by atoms with van der Waals surface area (Å²) in [4.78, 5) is 0.756. The third-order valence-corrected chi connectivity index (χ3v) is 5.16. The number of hydrogen-bond donors (Lipinski definition) is 0. The molecule has 0 bridgehead atoms. The largest absolute Gasteiger partial charge is 0.235 e. The van der Waals surface area contributed by atoms with Crippen LogP contribution in [0.1, 0.15) is 10.6 Å². The molecule has 7 heteroatoms. The number of rotatable bonds is 3. The van der Waals surface area contributed by atoms with E-state index in [-0.39, 0.29) is 0 Å². The first kappa shape index (κ1) is 15.5.